The van der Waals surface area contributed by atoms with Gasteiger partial charge in [0.25, 0.3) is 0 Å². The van der Waals surface area contributed by atoms with Gasteiger partial charge in [0.2, 0.25) is 12.7 Å². The highest BCUT2D eigenvalue weighted by molar-refractivity contribution is 5.97. The molecule has 0 radical (unpaired) electrons. The van der Waals surface area contributed by atoms with E-state index < -0.39 is 0 Å². The van der Waals surface area contributed by atoms with Crippen LogP contribution < -0.4 is 20.1 Å². The minimum Gasteiger partial charge on any atom is -0.454 e. The number of ether oxygens (including phenoxy) is 2. The predicted molar refractivity (Wildman–Crippen MR) is 101 cm³/mol. The Balaban J connectivity index is 1.36. The van der Waals surface area contributed by atoms with Crippen LogP contribution in [0.25, 0.3) is 10.8 Å². The maximum absolute atomic E-state index is 12.4. The summed E-state index contributed by atoms with van der Waals surface area (Å²) >= 11 is 0. The van der Waals surface area contributed by atoms with E-state index in [9.17, 15) is 4.79 Å². The van der Waals surface area contributed by atoms with Crippen molar-refractivity contribution in [2.45, 2.75) is 19.5 Å². The second-order valence-corrected chi connectivity index (χ2v) is 6.34. The molecule has 1 aliphatic rings. The summed E-state index contributed by atoms with van der Waals surface area (Å²) in [5.74, 6) is 1.44. The number of hydrogen-bond acceptors (Lipinski definition) is 4. The van der Waals surface area contributed by atoms with Gasteiger partial charge in [0, 0.05) is 12.2 Å². The highest BCUT2D eigenvalue weighted by Crippen LogP contribution is 2.32. The molecule has 1 aliphatic heterocycles. The number of rotatable bonds is 5. The van der Waals surface area contributed by atoms with Crippen molar-refractivity contribution in [3.63, 3.8) is 0 Å². The number of carbonyl (C=O) groups excluding carboxylic acids is 1. The summed E-state index contributed by atoms with van der Waals surface area (Å²) in [4.78, 5) is 12.4. The van der Waals surface area contributed by atoms with Gasteiger partial charge >= 0.3 is 0 Å². The van der Waals surface area contributed by atoms with E-state index in [0.29, 0.717) is 6.54 Å². The van der Waals surface area contributed by atoms with Crippen LogP contribution in [0.1, 0.15) is 12.5 Å². The third-order valence-electron chi connectivity index (χ3n) is 4.46. The summed E-state index contributed by atoms with van der Waals surface area (Å²) in [6.45, 7) is 2.68. The normalized spacial score (nSPS) is 13.6. The Morgan fingerprint density at radius 1 is 1.00 bits per heavy atom. The predicted octanol–water partition coefficient (Wildman–Crippen LogP) is 3.69. The van der Waals surface area contributed by atoms with Crippen molar-refractivity contribution in [1.82, 2.24) is 5.32 Å². The summed E-state index contributed by atoms with van der Waals surface area (Å²) in [6.07, 6.45) is 0. The van der Waals surface area contributed by atoms with Crippen molar-refractivity contribution < 1.29 is 14.3 Å². The van der Waals surface area contributed by atoms with E-state index in [2.05, 4.69) is 16.7 Å². The van der Waals surface area contributed by atoms with Crippen LogP contribution in [-0.2, 0) is 11.3 Å². The molecule has 26 heavy (non-hydrogen) atoms. The van der Waals surface area contributed by atoms with Crippen molar-refractivity contribution in [2.75, 3.05) is 12.1 Å². The molecule has 0 aliphatic carbocycles. The van der Waals surface area contributed by atoms with Gasteiger partial charge in [0.1, 0.15) is 0 Å². The molecule has 0 aromatic heterocycles. The molecule has 1 atom stereocenters. The highest BCUT2D eigenvalue weighted by atomic mass is 16.7. The Bertz CT molecular complexity index is 955. The van der Waals surface area contributed by atoms with Gasteiger partial charge in [-0.1, -0.05) is 36.4 Å². The quantitative estimate of drug-likeness (QED) is 0.738. The molecule has 1 amide bonds. The first-order valence-corrected chi connectivity index (χ1v) is 8.60. The van der Waals surface area contributed by atoms with Gasteiger partial charge in [-0.05, 0) is 47.5 Å². The summed E-state index contributed by atoms with van der Waals surface area (Å²) in [5.41, 5.74) is 1.84. The van der Waals surface area contributed by atoms with Gasteiger partial charge in [0.15, 0.2) is 11.5 Å². The van der Waals surface area contributed by atoms with Crippen LogP contribution in [0.3, 0.4) is 0 Å². The van der Waals surface area contributed by atoms with E-state index in [1.165, 1.54) is 0 Å². The minimum atomic E-state index is -0.327. The fourth-order valence-electron chi connectivity index (χ4n) is 2.93. The number of nitrogens with one attached hydrogen (secondary N) is 2. The number of fused-ring (bicyclic) bond motifs is 2. The van der Waals surface area contributed by atoms with E-state index in [1.807, 2.05) is 61.5 Å². The van der Waals surface area contributed by atoms with Gasteiger partial charge in [-0.15, -0.1) is 0 Å². The molecule has 0 bridgehead atoms. The topological polar surface area (TPSA) is 59.6 Å². The van der Waals surface area contributed by atoms with Crippen LogP contribution in [0.5, 0.6) is 11.5 Å². The molecular formula is C21H20N2O3. The third-order valence-corrected chi connectivity index (χ3v) is 4.46. The van der Waals surface area contributed by atoms with Crippen LogP contribution in [0.2, 0.25) is 0 Å². The lowest BCUT2D eigenvalue weighted by atomic mass is 10.1. The highest BCUT2D eigenvalue weighted by Gasteiger charge is 2.15. The second-order valence-electron chi connectivity index (χ2n) is 6.34. The SMILES string of the molecule is C[C@@H](NCc1ccc2c(c1)OCO2)C(=O)Nc1ccc2ccccc2c1. The molecule has 132 valence electrons. The number of anilines is 1. The minimum absolute atomic E-state index is 0.0685. The first kappa shape index (κ1) is 16.4. The van der Waals surface area contributed by atoms with Crippen molar-refractivity contribution in [1.29, 1.82) is 0 Å². The zero-order valence-electron chi connectivity index (χ0n) is 14.5. The average molecular weight is 348 g/mol. The van der Waals surface area contributed by atoms with Gasteiger partial charge < -0.3 is 20.1 Å². The number of benzene rings is 3. The van der Waals surface area contributed by atoms with Gasteiger partial charge in [-0.2, -0.15) is 0 Å². The van der Waals surface area contributed by atoms with Gasteiger partial charge in [-0.25, -0.2) is 0 Å². The molecule has 3 aromatic carbocycles. The van der Waals surface area contributed by atoms with Crippen molar-refractivity contribution >= 4 is 22.4 Å². The first-order valence-electron chi connectivity index (χ1n) is 8.60. The Morgan fingerprint density at radius 2 is 1.81 bits per heavy atom. The van der Waals surface area contributed by atoms with E-state index in [1.54, 1.807) is 0 Å². The van der Waals surface area contributed by atoms with Crippen LogP contribution in [0.4, 0.5) is 5.69 Å². The lowest BCUT2D eigenvalue weighted by molar-refractivity contribution is -0.117. The lowest BCUT2D eigenvalue weighted by Gasteiger charge is -2.15. The molecular weight excluding hydrogens is 328 g/mol. The maximum Gasteiger partial charge on any atom is 0.241 e. The second kappa shape index (κ2) is 7.06. The Labute approximate surface area is 151 Å². The smallest absolute Gasteiger partial charge is 0.241 e. The van der Waals surface area contributed by atoms with Crippen LogP contribution >= 0.6 is 0 Å². The van der Waals surface area contributed by atoms with Crippen LogP contribution in [0, 0.1) is 0 Å². The average Bonchev–Trinajstić information content (AvgIpc) is 3.13. The molecule has 0 saturated carbocycles. The molecule has 0 saturated heterocycles. The molecule has 3 aromatic rings. The number of carbonyl (C=O) groups is 1. The fourth-order valence-corrected chi connectivity index (χ4v) is 2.93. The molecule has 5 nitrogen and oxygen atoms in total. The molecule has 2 N–H and O–H groups in total. The molecule has 4 rings (SSSR count). The molecule has 0 unspecified atom stereocenters. The molecule has 0 fully saturated rings. The fraction of sp³-hybridized carbons (Fsp3) is 0.190. The van der Waals surface area contributed by atoms with E-state index in [-0.39, 0.29) is 18.7 Å². The van der Waals surface area contributed by atoms with Crippen LogP contribution in [-0.4, -0.2) is 18.7 Å². The maximum atomic E-state index is 12.4. The Kier molecular flexibility index (Phi) is 4.46. The summed E-state index contributed by atoms with van der Waals surface area (Å²) in [7, 11) is 0. The Hall–Kier alpha value is -3.05. The summed E-state index contributed by atoms with van der Waals surface area (Å²) in [6, 6.07) is 19.5. The molecule has 0 spiro atoms. The van der Waals surface area contributed by atoms with Crippen molar-refractivity contribution in [3.8, 4) is 11.5 Å². The van der Waals surface area contributed by atoms with Crippen molar-refractivity contribution in [2.24, 2.45) is 0 Å². The largest absolute Gasteiger partial charge is 0.454 e. The van der Waals surface area contributed by atoms with Gasteiger partial charge in [0.05, 0.1) is 6.04 Å². The molecule has 5 heteroatoms. The van der Waals surface area contributed by atoms with Crippen molar-refractivity contribution in [3.05, 3.63) is 66.2 Å². The zero-order chi connectivity index (χ0) is 17.9. The van der Waals surface area contributed by atoms with E-state index >= 15 is 0 Å². The monoisotopic (exact) mass is 348 g/mol. The summed E-state index contributed by atoms with van der Waals surface area (Å²) < 4.78 is 10.7. The third kappa shape index (κ3) is 3.48. The number of hydrogen-bond donors (Lipinski definition) is 2. The van der Waals surface area contributed by atoms with Gasteiger partial charge in [-0.3, -0.25) is 4.79 Å². The summed E-state index contributed by atoms with van der Waals surface area (Å²) in [5, 5.41) is 8.46. The van der Waals surface area contributed by atoms with E-state index in [4.69, 9.17) is 9.47 Å². The lowest BCUT2D eigenvalue weighted by Crippen LogP contribution is -2.37. The Morgan fingerprint density at radius 3 is 2.69 bits per heavy atom. The standard InChI is InChI=1S/C21H20N2O3/c1-14(22-12-15-6-9-19-20(10-15)26-13-25-19)21(24)23-18-8-7-16-4-2-3-5-17(16)11-18/h2-11,14,22H,12-13H2,1H3,(H,23,24)/t14-/m1/s1. The number of amides is 1. The van der Waals surface area contributed by atoms with E-state index in [0.717, 1.165) is 33.5 Å². The van der Waals surface area contributed by atoms with Crippen LogP contribution in [0.15, 0.2) is 60.7 Å². The first-order chi connectivity index (χ1) is 12.7. The zero-order valence-corrected chi connectivity index (χ0v) is 14.5. The molecule has 1 heterocycles.